The molecule has 0 N–H and O–H groups in total. The van der Waals surface area contributed by atoms with Crippen LogP contribution in [0.2, 0.25) is 10.0 Å². The van der Waals surface area contributed by atoms with Crippen LogP contribution in [0.15, 0.2) is 58.3 Å². The van der Waals surface area contributed by atoms with Crippen LogP contribution >= 0.6 is 35.0 Å². The Balaban J connectivity index is 1.82. The molecular weight excluding hydrogens is 443 g/mol. The number of hydrogen-bond acceptors (Lipinski definition) is 5. The van der Waals surface area contributed by atoms with E-state index in [4.69, 9.17) is 32.7 Å². The van der Waals surface area contributed by atoms with Gasteiger partial charge in [-0.1, -0.05) is 35.0 Å². The van der Waals surface area contributed by atoms with Crippen molar-refractivity contribution in [1.29, 1.82) is 0 Å². The van der Waals surface area contributed by atoms with E-state index in [1.165, 1.54) is 11.8 Å². The summed E-state index contributed by atoms with van der Waals surface area (Å²) in [5, 5.41) is 5.87. The third kappa shape index (κ3) is 5.72. The molecule has 8 heteroatoms. The monoisotopic (exact) mass is 464 g/mol. The smallest absolute Gasteiger partial charge is 0.350 e. The largest absolute Gasteiger partial charge is 0.482 e. The first-order valence-electron chi connectivity index (χ1n) is 9.26. The molecule has 0 aliphatic rings. The third-order valence-electron chi connectivity index (χ3n) is 4.02. The third-order valence-corrected chi connectivity index (χ3v) is 5.70. The molecule has 3 rings (SSSR count). The van der Waals surface area contributed by atoms with Crippen LogP contribution in [0.4, 0.5) is 0 Å². The van der Waals surface area contributed by atoms with Crippen LogP contribution in [0, 0.1) is 6.92 Å². The van der Waals surface area contributed by atoms with E-state index in [-0.39, 0.29) is 12.1 Å². The van der Waals surface area contributed by atoms with Gasteiger partial charge in [-0.15, -0.1) is 0 Å². The van der Waals surface area contributed by atoms with Gasteiger partial charge in [0.2, 0.25) is 5.88 Å². The Morgan fingerprint density at radius 3 is 2.17 bits per heavy atom. The fourth-order valence-corrected chi connectivity index (χ4v) is 3.75. The first-order chi connectivity index (χ1) is 14.1. The molecule has 0 radical (unpaired) electrons. The van der Waals surface area contributed by atoms with Gasteiger partial charge in [0.25, 0.3) is 0 Å². The number of ether oxygens (including phenoxy) is 2. The lowest BCUT2D eigenvalue weighted by Gasteiger charge is -2.22. The number of benzene rings is 2. The van der Waals surface area contributed by atoms with Crippen LogP contribution in [0.5, 0.6) is 11.6 Å². The van der Waals surface area contributed by atoms with E-state index >= 15 is 0 Å². The standard InChI is InChI=1S/C22H22Cl2N2O3S/c1-14-20(30-18-11-7-16(24)8-12-18)21(26(25-14)22(2,3)4)29-19(27)13-28-17-9-5-15(23)6-10-17/h5-12H,13H2,1-4H3. The first kappa shape index (κ1) is 22.5. The van der Waals surface area contributed by atoms with Crippen molar-refractivity contribution < 1.29 is 14.3 Å². The van der Waals surface area contributed by atoms with Gasteiger partial charge >= 0.3 is 5.97 Å². The van der Waals surface area contributed by atoms with Gasteiger partial charge in [-0.25, -0.2) is 9.48 Å². The zero-order chi connectivity index (χ0) is 21.9. The van der Waals surface area contributed by atoms with Crippen molar-refractivity contribution in [2.75, 3.05) is 6.61 Å². The molecule has 0 unspecified atom stereocenters. The van der Waals surface area contributed by atoms with Gasteiger partial charge in [0.1, 0.15) is 5.75 Å². The normalized spacial score (nSPS) is 11.4. The van der Waals surface area contributed by atoms with Crippen molar-refractivity contribution in [3.63, 3.8) is 0 Å². The molecule has 0 spiro atoms. The number of halogens is 2. The number of carbonyl (C=O) groups excluding carboxylic acids is 1. The number of aryl methyl sites for hydroxylation is 1. The second kappa shape index (κ2) is 9.33. The average molecular weight is 465 g/mol. The maximum Gasteiger partial charge on any atom is 0.350 e. The molecule has 0 atom stereocenters. The first-order valence-corrected chi connectivity index (χ1v) is 10.8. The fourth-order valence-electron chi connectivity index (χ4n) is 2.58. The van der Waals surface area contributed by atoms with Crippen molar-refractivity contribution in [3.05, 3.63) is 64.3 Å². The topological polar surface area (TPSA) is 53.4 Å². The predicted octanol–water partition coefficient (Wildman–Crippen LogP) is 6.39. The van der Waals surface area contributed by atoms with Crippen molar-refractivity contribution in [2.24, 2.45) is 0 Å². The Bertz CT molecular complexity index is 1030. The number of carbonyl (C=O) groups is 1. The summed E-state index contributed by atoms with van der Waals surface area (Å²) in [6.45, 7) is 7.65. The highest BCUT2D eigenvalue weighted by atomic mass is 35.5. The van der Waals surface area contributed by atoms with Crippen LogP contribution in [-0.4, -0.2) is 22.4 Å². The summed E-state index contributed by atoms with van der Waals surface area (Å²) in [5.74, 6) is 0.408. The Morgan fingerprint density at radius 1 is 1.03 bits per heavy atom. The zero-order valence-electron chi connectivity index (χ0n) is 17.1. The fraction of sp³-hybridized carbons (Fsp3) is 0.273. The van der Waals surface area contributed by atoms with Gasteiger partial charge in [0, 0.05) is 14.9 Å². The minimum atomic E-state index is -0.520. The van der Waals surface area contributed by atoms with Crippen LogP contribution in [0.1, 0.15) is 26.5 Å². The van der Waals surface area contributed by atoms with Gasteiger partial charge in [-0.3, -0.25) is 0 Å². The SMILES string of the molecule is Cc1nn(C(C)(C)C)c(OC(=O)COc2ccc(Cl)cc2)c1Sc1ccc(Cl)cc1. The molecule has 1 heterocycles. The highest BCUT2D eigenvalue weighted by Gasteiger charge is 2.27. The molecule has 1 aromatic heterocycles. The van der Waals surface area contributed by atoms with Crippen molar-refractivity contribution in [1.82, 2.24) is 9.78 Å². The number of esters is 1. The van der Waals surface area contributed by atoms with Gasteiger partial charge in [0.15, 0.2) is 6.61 Å². The quantitative estimate of drug-likeness (QED) is 0.395. The second-order valence-electron chi connectivity index (χ2n) is 7.57. The lowest BCUT2D eigenvalue weighted by atomic mass is 10.1. The van der Waals surface area contributed by atoms with Crippen molar-refractivity contribution in [2.45, 2.75) is 43.0 Å². The van der Waals surface area contributed by atoms with Crippen molar-refractivity contribution >= 4 is 40.9 Å². The molecule has 0 fully saturated rings. The summed E-state index contributed by atoms with van der Waals surface area (Å²) in [6, 6.07) is 14.2. The Hall–Kier alpha value is -2.15. The van der Waals surface area contributed by atoms with Gasteiger partial charge in [-0.05, 0) is 76.2 Å². The summed E-state index contributed by atoms with van der Waals surface area (Å²) >= 11 is 13.3. The number of nitrogens with zero attached hydrogens (tertiary/aromatic N) is 2. The van der Waals surface area contributed by atoms with E-state index in [1.807, 2.05) is 52.0 Å². The Morgan fingerprint density at radius 2 is 1.60 bits per heavy atom. The van der Waals surface area contributed by atoms with Crippen LogP contribution in [0.25, 0.3) is 0 Å². The summed E-state index contributed by atoms with van der Waals surface area (Å²) in [7, 11) is 0. The zero-order valence-corrected chi connectivity index (χ0v) is 19.4. The summed E-state index contributed by atoms with van der Waals surface area (Å²) in [5.41, 5.74) is 0.391. The molecular formula is C22H22Cl2N2O3S. The molecule has 30 heavy (non-hydrogen) atoms. The molecule has 0 aliphatic heterocycles. The van der Waals surface area contributed by atoms with Crippen LogP contribution < -0.4 is 9.47 Å². The van der Waals surface area contributed by atoms with E-state index in [0.29, 0.717) is 21.7 Å². The molecule has 0 amide bonds. The molecule has 0 saturated heterocycles. The second-order valence-corrected chi connectivity index (χ2v) is 9.53. The maximum atomic E-state index is 12.5. The van der Waals surface area contributed by atoms with E-state index in [0.717, 1.165) is 15.5 Å². The number of rotatable bonds is 6. The van der Waals surface area contributed by atoms with Crippen LogP contribution in [-0.2, 0) is 10.3 Å². The minimum Gasteiger partial charge on any atom is -0.482 e. The van der Waals surface area contributed by atoms with Gasteiger partial charge in [-0.2, -0.15) is 5.10 Å². The lowest BCUT2D eigenvalue weighted by molar-refractivity contribution is -0.137. The maximum absolute atomic E-state index is 12.5. The van der Waals surface area contributed by atoms with Crippen molar-refractivity contribution in [3.8, 4) is 11.6 Å². The molecule has 0 aliphatic carbocycles. The Labute approximate surface area is 190 Å². The average Bonchev–Trinajstić information content (AvgIpc) is 2.99. The number of hydrogen-bond donors (Lipinski definition) is 0. The highest BCUT2D eigenvalue weighted by molar-refractivity contribution is 7.99. The van der Waals surface area contributed by atoms with E-state index in [9.17, 15) is 4.79 Å². The molecule has 0 saturated carbocycles. The molecule has 3 aromatic rings. The van der Waals surface area contributed by atoms with Gasteiger partial charge < -0.3 is 9.47 Å². The predicted molar refractivity (Wildman–Crippen MR) is 120 cm³/mol. The summed E-state index contributed by atoms with van der Waals surface area (Å²) in [4.78, 5) is 14.3. The summed E-state index contributed by atoms with van der Waals surface area (Å²) < 4.78 is 13.0. The minimum absolute atomic E-state index is 0.235. The number of aromatic nitrogens is 2. The molecule has 2 aromatic carbocycles. The van der Waals surface area contributed by atoms with E-state index in [2.05, 4.69) is 5.10 Å². The molecule has 5 nitrogen and oxygen atoms in total. The molecule has 0 bridgehead atoms. The van der Waals surface area contributed by atoms with E-state index in [1.54, 1.807) is 28.9 Å². The Kier molecular flexibility index (Phi) is 7.01. The van der Waals surface area contributed by atoms with Gasteiger partial charge in [0.05, 0.1) is 16.1 Å². The van der Waals surface area contributed by atoms with Crippen LogP contribution in [0.3, 0.4) is 0 Å². The molecule has 158 valence electrons. The summed E-state index contributed by atoms with van der Waals surface area (Å²) in [6.07, 6.45) is 0. The lowest BCUT2D eigenvalue weighted by Crippen LogP contribution is -2.27. The highest BCUT2D eigenvalue weighted by Crippen LogP contribution is 2.40. The van der Waals surface area contributed by atoms with E-state index < -0.39 is 5.97 Å².